The lowest BCUT2D eigenvalue weighted by Gasteiger charge is -2.18. The Labute approximate surface area is 195 Å². The van der Waals surface area contributed by atoms with Gasteiger partial charge >= 0.3 is 5.69 Å². The highest BCUT2D eigenvalue weighted by Gasteiger charge is 2.23. The molecule has 2 heterocycles. The Morgan fingerprint density at radius 1 is 1.06 bits per heavy atom. The molecule has 0 saturated heterocycles. The highest BCUT2D eigenvalue weighted by Crippen LogP contribution is 2.31. The number of nitrogens with one attached hydrogen (secondary N) is 1. The normalized spacial score (nSPS) is 11.1. The molecule has 0 fully saturated rings. The molecule has 0 saturated carbocycles. The molecule has 176 valence electrons. The van der Waals surface area contributed by atoms with Crippen LogP contribution in [0.5, 0.6) is 5.75 Å². The largest absolute Gasteiger partial charge is 0.495 e. The maximum atomic E-state index is 13.4. The van der Waals surface area contributed by atoms with E-state index in [1.807, 2.05) is 13.8 Å². The lowest BCUT2D eigenvalue weighted by Crippen LogP contribution is -2.42. The van der Waals surface area contributed by atoms with Gasteiger partial charge in [-0.2, -0.15) is 0 Å². The van der Waals surface area contributed by atoms with Crippen molar-refractivity contribution < 1.29 is 9.53 Å². The Hall–Kier alpha value is -3.33. The maximum absolute atomic E-state index is 13.4. The van der Waals surface area contributed by atoms with Gasteiger partial charge in [-0.25, -0.2) is 4.79 Å². The first-order chi connectivity index (χ1) is 15.7. The van der Waals surface area contributed by atoms with Gasteiger partial charge in [-0.15, -0.1) is 0 Å². The fourth-order valence-corrected chi connectivity index (χ4v) is 4.00. The Morgan fingerprint density at radius 2 is 1.70 bits per heavy atom. The number of carbonyl (C=O) groups excluding carboxylic acids is 1. The molecule has 0 aliphatic heterocycles. The molecule has 0 spiro atoms. The molecule has 0 radical (unpaired) electrons. The van der Waals surface area contributed by atoms with Gasteiger partial charge < -0.3 is 10.1 Å². The molecular formula is C23H27ClN4O5. The molecule has 3 rings (SSSR count). The van der Waals surface area contributed by atoms with E-state index in [1.54, 1.807) is 19.1 Å². The fraction of sp³-hybridized carbons (Fsp3) is 0.391. The van der Waals surface area contributed by atoms with E-state index >= 15 is 0 Å². The number of ether oxygens (including phenoxy) is 1. The van der Waals surface area contributed by atoms with Gasteiger partial charge in [0.05, 0.1) is 23.7 Å². The summed E-state index contributed by atoms with van der Waals surface area (Å²) in [5.74, 6) is -0.335. The number of hydrogen-bond donors (Lipinski definition) is 1. The highest BCUT2D eigenvalue weighted by molar-refractivity contribution is 6.31. The van der Waals surface area contributed by atoms with Crippen molar-refractivity contribution in [2.24, 2.45) is 7.05 Å². The summed E-state index contributed by atoms with van der Waals surface area (Å²) in [6, 6.07) is 4.36. The van der Waals surface area contributed by atoms with Crippen molar-refractivity contribution in [3.05, 3.63) is 65.5 Å². The van der Waals surface area contributed by atoms with Gasteiger partial charge in [0.15, 0.2) is 0 Å². The average Bonchev–Trinajstić information content (AvgIpc) is 2.78. The third-order valence-corrected chi connectivity index (χ3v) is 5.85. The molecule has 10 heteroatoms. The van der Waals surface area contributed by atoms with Gasteiger partial charge in [-0.3, -0.25) is 28.1 Å². The molecular weight excluding hydrogens is 448 g/mol. The second-order valence-corrected chi connectivity index (χ2v) is 8.21. The minimum absolute atomic E-state index is 0.0146. The van der Waals surface area contributed by atoms with Gasteiger partial charge in [0.1, 0.15) is 11.4 Å². The third-order valence-electron chi connectivity index (χ3n) is 5.45. The summed E-state index contributed by atoms with van der Waals surface area (Å²) in [6.07, 6.45) is 1.16. The number of aromatic nitrogens is 3. The smallest absolute Gasteiger partial charge is 0.332 e. The van der Waals surface area contributed by atoms with Gasteiger partial charge in [0.25, 0.3) is 17.0 Å². The van der Waals surface area contributed by atoms with E-state index in [0.29, 0.717) is 41.4 Å². The number of rotatable bonds is 7. The summed E-state index contributed by atoms with van der Waals surface area (Å²) in [5.41, 5.74) is -0.553. The van der Waals surface area contributed by atoms with Crippen LogP contribution in [-0.2, 0) is 20.1 Å². The molecule has 1 amide bonds. The van der Waals surface area contributed by atoms with Crippen LogP contribution in [0.15, 0.2) is 32.6 Å². The van der Waals surface area contributed by atoms with Crippen LogP contribution in [0.2, 0.25) is 5.02 Å². The van der Waals surface area contributed by atoms with Gasteiger partial charge in [-0.05, 0) is 31.4 Å². The monoisotopic (exact) mass is 474 g/mol. The quantitative estimate of drug-likeness (QED) is 0.567. The Kier molecular flexibility index (Phi) is 7.12. The standard InChI is InChI=1S/C23H27ClN4O5/c1-6-8-27-18(29)11-14(19-21(27)26(4)23(32)28(9-7-2)22(19)31)20(30)25-16-10-13(3)15(24)12-17(16)33-5/h10-12H,6-9H2,1-5H3,(H,25,30). The summed E-state index contributed by atoms with van der Waals surface area (Å²) in [7, 11) is 2.94. The maximum Gasteiger partial charge on any atom is 0.332 e. The number of aryl methyl sites for hydroxylation is 3. The molecule has 0 aliphatic rings. The summed E-state index contributed by atoms with van der Waals surface area (Å²) in [4.78, 5) is 52.5. The first-order valence-corrected chi connectivity index (χ1v) is 11.1. The van der Waals surface area contributed by atoms with E-state index in [0.717, 1.165) is 10.6 Å². The number of nitrogens with zero attached hydrogens (tertiary/aromatic N) is 3. The van der Waals surface area contributed by atoms with Crippen molar-refractivity contribution in [3.8, 4) is 5.75 Å². The number of carbonyl (C=O) groups is 1. The highest BCUT2D eigenvalue weighted by atomic mass is 35.5. The topological polar surface area (TPSA) is 104 Å². The Balaban J connectivity index is 2.34. The SMILES string of the molecule is CCCn1c(=O)c2c(C(=O)Nc3cc(C)c(Cl)cc3OC)cc(=O)n(CCC)c2n(C)c1=O. The third kappa shape index (κ3) is 4.32. The molecule has 0 bridgehead atoms. The van der Waals surface area contributed by atoms with Crippen molar-refractivity contribution in [2.75, 3.05) is 12.4 Å². The van der Waals surface area contributed by atoms with Crippen LogP contribution >= 0.6 is 11.6 Å². The zero-order valence-electron chi connectivity index (χ0n) is 19.3. The molecule has 2 aromatic heterocycles. The lowest BCUT2D eigenvalue weighted by molar-refractivity contribution is 0.102. The molecule has 0 atom stereocenters. The Morgan fingerprint density at radius 3 is 2.30 bits per heavy atom. The van der Waals surface area contributed by atoms with E-state index in [9.17, 15) is 19.2 Å². The Bertz CT molecular complexity index is 1420. The van der Waals surface area contributed by atoms with E-state index in [4.69, 9.17) is 16.3 Å². The second-order valence-electron chi connectivity index (χ2n) is 7.80. The molecule has 0 unspecified atom stereocenters. The number of amides is 1. The zero-order valence-corrected chi connectivity index (χ0v) is 20.1. The van der Waals surface area contributed by atoms with Crippen LogP contribution in [-0.4, -0.2) is 26.7 Å². The molecule has 0 aliphatic carbocycles. The number of halogens is 1. The van der Waals surface area contributed by atoms with E-state index in [-0.39, 0.29) is 23.1 Å². The predicted octanol–water partition coefficient (Wildman–Crippen LogP) is 2.90. The van der Waals surface area contributed by atoms with Crippen molar-refractivity contribution in [2.45, 2.75) is 46.7 Å². The molecule has 1 N–H and O–H groups in total. The van der Waals surface area contributed by atoms with E-state index < -0.39 is 22.7 Å². The summed E-state index contributed by atoms with van der Waals surface area (Å²) >= 11 is 6.15. The molecule has 33 heavy (non-hydrogen) atoms. The number of methoxy groups -OCH3 is 1. The first kappa shape index (κ1) is 24.3. The van der Waals surface area contributed by atoms with Crippen LogP contribution in [0.4, 0.5) is 5.69 Å². The first-order valence-electron chi connectivity index (χ1n) is 10.7. The van der Waals surface area contributed by atoms with Gasteiger partial charge in [0, 0.05) is 37.3 Å². The molecule has 9 nitrogen and oxygen atoms in total. The van der Waals surface area contributed by atoms with Crippen LogP contribution in [0.3, 0.4) is 0 Å². The molecule has 3 aromatic rings. The average molecular weight is 475 g/mol. The van der Waals surface area contributed by atoms with Crippen molar-refractivity contribution in [3.63, 3.8) is 0 Å². The minimum Gasteiger partial charge on any atom is -0.495 e. The minimum atomic E-state index is -0.667. The number of benzene rings is 1. The van der Waals surface area contributed by atoms with Gasteiger partial charge in [-0.1, -0.05) is 25.4 Å². The van der Waals surface area contributed by atoms with Crippen molar-refractivity contribution >= 4 is 34.2 Å². The van der Waals surface area contributed by atoms with Crippen molar-refractivity contribution in [1.29, 1.82) is 0 Å². The van der Waals surface area contributed by atoms with E-state index in [2.05, 4.69) is 5.32 Å². The lowest BCUT2D eigenvalue weighted by atomic mass is 10.1. The predicted molar refractivity (Wildman–Crippen MR) is 129 cm³/mol. The van der Waals surface area contributed by atoms with Crippen molar-refractivity contribution in [1.82, 2.24) is 13.7 Å². The zero-order chi connectivity index (χ0) is 24.4. The van der Waals surface area contributed by atoms with Crippen LogP contribution in [0, 0.1) is 6.92 Å². The van der Waals surface area contributed by atoms with E-state index in [1.165, 1.54) is 23.3 Å². The summed E-state index contributed by atoms with van der Waals surface area (Å²) < 4.78 is 9.02. The number of anilines is 1. The molecule has 1 aromatic carbocycles. The van der Waals surface area contributed by atoms with Crippen LogP contribution in [0.1, 0.15) is 42.6 Å². The fourth-order valence-electron chi connectivity index (χ4n) is 3.85. The van der Waals surface area contributed by atoms with Crippen LogP contribution in [0.25, 0.3) is 11.0 Å². The number of fused-ring (bicyclic) bond motifs is 1. The van der Waals surface area contributed by atoms with Crippen LogP contribution < -0.4 is 26.9 Å². The summed E-state index contributed by atoms with van der Waals surface area (Å²) in [5, 5.41) is 3.21. The summed E-state index contributed by atoms with van der Waals surface area (Å²) in [6.45, 7) is 5.99. The second kappa shape index (κ2) is 9.66. The van der Waals surface area contributed by atoms with Gasteiger partial charge in [0.2, 0.25) is 0 Å². The number of hydrogen-bond acceptors (Lipinski definition) is 5. The number of pyridine rings is 1.